The molecule has 0 saturated heterocycles. The Balaban J connectivity index is 3.26. The summed E-state index contributed by atoms with van der Waals surface area (Å²) in [7, 11) is 0. The smallest absolute Gasteiger partial charge is 0.331 e. The van der Waals surface area contributed by atoms with Crippen LogP contribution in [0.2, 0.25) is 5.02 Å². The Morgan fingerprint density at radius 3 is 2.68 bits per heavy atom. The Morgan fingerprint density at radius 1 is 1.39 bits per heavy atom. The molecule has 0 aromatic heterocycles. The first-order valence-electron chi connectivity index (χ1n) is 10.2. The van der Waals surface area contributed by atoms with Crippen molar-refractivity contribution in [2.24, 2.45) is 5.11 Å². The number of azide groups is 1. The van der Waals surface area contributed by atoms with Gasteiger partial charge in [-0.25, -0.2) is 4.79 Å². The SMILES string of the molecule is CCCCCCC(C)(CN=[N+]=[N-])Oc1cc(/C=C/C(=O)OC(C)C)cc(Cl)c1[N+](=O)[O-]. The van der Waals surface area contributed by atoms with E-state index in [9.17, 15) is 14.9 Å². The number of nitro benzene ring substituents is 1. The number of carbonyl (C=O) groups excluding carboxylic acids is 1. The Labute approximate surface area is 187 Å². The van der Waals surface area contributed by atoms with E-state index in [1.807, 2.05) is 0 Å². The van der Waals surface area contributed by atoms with Crippen LogP contribution >= 0.6 is 11.6 Å². The maximum absolute atomic E-state index is 11.8. The normalized spacial score (nSPS) is 13.0. The van der Waals surface area contributed by atoms with Crippen molar-refractivity contribution in [2.45, 2.75) is 71.5 Å². The molecule has 0 aliphatic heterocycles. The highest BCUT2D eigenvalue weighted by Crippen LogP contribution is 2.39. The van der Waals surface area contributed by atoms with Gasteiger partial charge in [0.05, 0.1) is 17.6 Å². The minimum absolute atomic E-state index is 0.00514. The van der Waals surface area contributed by atoms with E-state index in [4.69, 9.17) is 26.6 Å². The number of esters is 1. The second-order valence-electron chi connectivity index (χ2n) is 7.68. The lowest BCUT2D eigenvalue weighted by Gasteiger charge is -2.29. The second kappa shape index (κ2) is 12.8. The zero-order chi connectivity index (χ0) is 23.4. The van der Waals surface area contributed by atoms with Gasteiger partial charge in [-0.1, -0.05) is 42.9 Å². The number of nitro groups is 1. The van der Waals surface area contributed by atoms with Crippen molar-refractivity contribution < 1.29 is 19.2 Å². The molecule has 1 atom stereocenters. The van der Waals surface area contributed by atoms with Crippen molar-refractivity contribution in [1.82, 2.24) is 0 Å². The third kappa shape index (κ3) is 9.27. The molecule has 10 heteroatoms. The molecule has 0 radical (unpaired) electrons. The molecule has 0 bridgehead atoms. The minimum Gasteiger partial charge on any atom is -0.480 e. The lowest BCUT2D eigenvalue weighted by Crippen LogP contribution is -2.36. The number of halogens is 1. The minimum atomic E-state index is -0.951. The average Bonchev–Trinajstić information content (AvgIpc) is 2.67. The van der Waals surface area contributed by atoms with Gasteiger partial charge in [-0.2, -0.15) is 0 Å². The molecule has 31 heavy (non-hydrogen) atoms. The van der Waals surface area contributed by atoms with Crippen LogP contribution in [0.15, 0.2) is 23.3 Å². The van der Waals surface area contributed by atoms with E-state index in [-0.39, 0.29) is 29.1 Å². The van der Waals surface area contributed by atoms with Crippen LogP contribution in [0, 0.1) is 10.1 Å². The van der Waals surface area contributed by atoms with Crippen molar-refractivity contribution in [2.75, 3.05) is 6.54 Å². The summed E-state index contributed by atoms with van der Waals surface area (Å²) in [6.45, 7) is 7.30. The van der Waals surface area contributed by atoms with E-state index in [1.54, 1.807) is 20.8 Å². The molecule has 0 aliphatic rings. The fraction of sp³-hybridized carbons (Fsp3) is 0.571. The molecule has 0 N–H and O–H groups in total. The first kappa shape index (κ1) is 26.3. The van der Waals surface area contributed by atoms with Gasteiger partial charge in [-0.15, -0.1) is 0 Å². The quantitative estimate of drug-likeness (QED) is 0.0484. The van der Waals surface area contributed by atoms with Gasteiger partial charge in [0.2, 0.25) is 0 Å². The summed E-state index contributed by atoms with van der Waals surface area (Å²) < 4.78 is 11.1. The van der Waals surface area contributed by atoms with Crippen LogP contribution in [-0.4, -0.2) is 29.1 Å². The Hall–Kier alpha value is -2.77. The predicted octanol–water partition coefficient (Wildman–Crippen LogP) is 6.63. The van der Waals surface area contributed by atoms with Crippen molar-refractivity contribution in [3.8, 4) is 5.75 Å². The van der Waals surface area contributed by atoms with Crippen molar-refractivity contribution in [3.63, 3.8) is 0 Å². The fourth-order valence-corrected chi connectivity index (χ4v) is 3.20. The maximum Gasteiger partial charge on any atom is 0.331 e. The van der Waals surface area contributed by atoms with Crippen LogP contribution in [0.4, 0.5) is 5.69 Å². The highest BCUT2D eigenvalue weighted by Gasteiger charge is 2.30. The first-order valence-corrected chi connectivity index (χ1v) is 10.6. The zero-order valence-corrected chi connectivity index (χ0v) is 19.1. The van der Waals surface area contributed by atoms with Crippen LogP contribution in [0.25, 0.3) is 16.5 Å². The summed E-state index contributed by atoms with van der Waals surface area (Å²) in [4.78, 5) is 25.5. The summed E-state index contributed by atoms with van der Waals surface area (Å²) in [5, 5.41) is 15.1. The topological polar surface area (TPSA) is 127 Å². The lowest BCUT2D eigenvalue weighted by atomic mass is 9.97. The van der Waals surface area contributed by atoms with Crippen LogP contribution in [-0.2, 0) is 9.53 Å². The molecule has 1 aromatic rings. The number of hydrogen-bond acceptors (Lipinski definition) is 6. The molecule has 0 fully saturated rings. The summed E-state index contributed by atoms with van der Waals surface area (Å²) in [5.41, 5.74) is 7.84. The summed E-state index contributed by atoms with van der Waals surface area (Å²) in [6, 6.07) is 2.81. The number of rotatable bonds is 13. The molecule has 0 spiro atoms. The van der Waals surface area contributed by atoms with E-state index < -0.39 is 16.5 Å². The highest BCUT2D eigenvalue weighted by atomic mass is 35.5. The molecule has 0 amide bonds. The molecule has 0 saturated carbocycles. The third-order valence-electron chi connectivity index (χ3n) is 4.38. The monoisotopic (exact) mass is 452 g/mol. The number of ether oxygens (including phenoxy) is 2. The van der Waals surface area contributed by atoms with Crippen molar-refractivity contribution in [1.29, 1.82) is 0 Å². The average molecular weight is 453 g/mol. The number of nitrogens with zero attached hydrogens (tertiary/aromatic N) is 4. The largest absolute Gasteiger partial charge is 0.480 e. The molecule has 9 nitrogen and oxygen atoms in total. The Morgan fingerprint density at radius 2 is 2.10 bits per heavy atom. The third-order valence-corrected chi connectivity index (χ3v) is 4.67. The Bertz CT molecular complexity index is 852. The number of hydrogen-bond donors (Lipinski definition) is 0. The van der Waals surface area contributed by atoms with Gasteiger partial charge in [0.15, 0.2) is 5.75 Å². The number of benzene rings is 1. The van der Waals surface area contributed by atoms with Gasteiger partial charge in [-0.05, 0) is 62.9 Å². The maximum atomic E-state index is 11.8. The van der Waals surface area contributed by atoms with E-state index in [0.29, 0.717) is 12.0 Å². The molecule has 170 valence electrons. The molecule has 1 rings (SSSR count). The standard InChI is InChI=1S/C21H29ClN4O5/c1-5-6-7-8-11-21(4,14-24-25-23)31-18-13-16(9-10-19(27)30-15(2)3)12-17(22)20(18)26(28)29/h9-10,12-13,15H,5-8,11,14H2,1-4H3/b10-9+. The molecule has 0 aliphatic carbocycles. The van der Waals surface area contributed by atoms with E-state index >= 15 is 0 Å². The van der Waals surface area contributed by atoms with Crippen LogP contribution in [0.1, 0.15) is 65.4 Å². The van der Waals surface area contributed by atoms with Crippen LogP contribution in [0.5, 0.6) is 5.75 Å². The van der Waals surface area contributed by atoms with Gasteiger partial charge < -0.3 is 9.47 Å². The Kier molecular flexibility index (Phi) is 10.9. The van der Waals surface area contributed by atoms with Crippen LogP contribution < -0.4 is 4.74 Å². The van der Waals surface area contributed by atoms with Gasteiger partial charge >= 0.3 is 11.7 Å². The van der Waals surface area contributed by atoms with Crippen molar-refractivity contribution in [3.05, 3.63) is 49.4 Å². The lowest BCUT2D eigenvalue weighted by molar-refractivity contribution is -0.386. The molecular weight excluding hydrogens is 424 g/mol. The van der Waals surface area contributed by atoms with E-state index in [0.717, 1.165) is 25.7 Å². The molecule has 1 unspecified atom stereocenters. The molecule has 0 heterocycles. The second-order valence-corrected chi connectivity index (χ2v) is 8.08. The predicted molar refractivity (Wildman–Crippen MR) is 120 cm³/mol. The highest BCUT2D eigenvalue weighted by molar-refractivity contribution is 6.33. The van der Waals surface area contributed by atoms with Gasteiger partial charge in [0.25, 0.3) is 0 Å². The number of carbonyl (C=O) groups is 1. The first-order chi connectivity index (χ1) is 14.6. The zero-order valence-electron chi connectivity index (χ0n) is 18.3. The van der Waals surface area contributed by atoms with Gasteiger partial charge in [0, 0.05) is 11.0 Å². The number of unbranched alkanes of at least 4 members (excludes halogenated alkanes) is 3. The fourth-order valence-electron chi connectivity index (χ4n) is 2.92. The summed E-state index contributed by atoms with van der Waals surface area (Å²) >= 11 is 6.15. The van der Waals surface area contributed by atoms with E-state index in [1.165, 1.54) is 24.3 Å². The summed E-state index contributed by atoms with van der Waals surface area (Å²) in [5.74, 6) is -0.600. The van der Waals surface area contributed by atoms with Crippen molar-refractivity contribution >= 4 is 29.3 Å². The van der Waals surface area contributed by atoms with Crippen LogP contribution in [0.3, 0.4) is 0 Å². The summed E-state index contributed by atoms with van der Waals surface area (Å²) in [6.07, 6.45) is 6.82. The molecule has 1 aromatic carbocycles. The van der Waals surface area contributed by atoms with Gasteiger partial charge in [0.1, 0.15) is 10.6 Å². The molecular formula is C21H29ClN4O5. The van der Waals surface area contributed by atoms with E-state index in [2.05, 4.69) is 16.9 Å². The van der Waals surface area contributed by atoms with Gasteiger partial charge in [-0.3, -0.25) is 10.1 Å².